The Hall–Kier alpha value is -1.52. The van der Waals surface area contributed by atoms with Crippen LogP contribution in [0.25, 0.3) is 0 Å². The molecule has 0 aliphatic rings. The highest BCUT2D eigenvalue weighted by Gasteiger charge is 2.11. The highest BCUT2D eigenvalue weighted by molar-refractivity contribution is 6.34. The molecule has 2 heterocycles. The largest absolute Gasteiger partial charge is 0.273 e. The van der Waals surface area contributed by atoms with Gasteiger partial charge in [-0.1, -0.05) is 23.2 Å². The number of nitrogens with zero attached hydrogens (tertiary/aromatic N) is 2. The first-order chi connectivity index (χ1) is 7.66. The van der Waals surface area contributed by atoms with E-state index in [0.29, 0.717) is 0 Å². The van der Waals surface area contributed by atoms with Gasteiger partial charge in [-0.15, -0.1) is 0 Å². The van der Waals surface area contributed by atoms with Gasteiger partial charge in [0.25, 0.3) is 5.91 Å². The fourth-order valence-corrected chi connectivity index (χ4v) is 1.60. The van der Waals surface area contributed by atoms with Gasteiger partial charge in [0.1, 0.15) is 10.3 Å². The number of halogens is 2. The first-order valence-electron chi connectivity index (χ1n) is 4.43. The number of hydrogen-bond acceptors (Lipinski definition) is 2. The molecule has 0 bridgehead atoms. The van der Waals surface area contributed by atoms with Crippen molar-refractivity contribution in [2.75, 3.05) is 5.43 Å². The minimum atomic E-state index is -0.342. The fourth-order valence-electron chi connectivity index (χ4n) is 1.17. The van der Waals surface area contributed by atoms with E-state index in [1.54, 1.807) is 24.5 Å². The second kappa shape index (κ2) is 4.55. The van der Waals surface area contributed by atoms with Gasteiger partial charge in [-0.2, -0.15) is 0 Å². The number of carbonyl (C=O) groups is 1. The molecule has 0 radical (unpaired) electrons. The van der Waals surface area contributed by atoms with Crippen molar-refractivity contribution in [3.63, 3.8) is 0 Å². The first-order valence-corrected chi connectivity index (χ1v) is 5.19. The Balaban J connectivity index is 2.21. The molecule has 0 atom stereocenters. The predicted octanol–water partition coefficient (Wildman–Crippen LogP) is 2.57. The number of aromatic nitrogens is 2. The highest BCUT2D eigenvalue weighted by Crippen LogP contribution is 2.16. The second-order valence-corrected chi connectivity index (χ2v) is 3.75. The van der Waals surface area contributed by atoms with E-state index in [-0.39, 0.29) is 21.8 Å². The van der Waals surface area contributed by atoms with E-state index in [0.717, 1.165) is 0 Å². The highest BCUT2D eigenvalue weighted by atomic mass is 35.5. The van der Waals surface area contributed by atoms with Crippen LogP contribution in [0.2, 0.25) is 10.3 Å². The summed E-state index contributed by atoms with van der Waals surface area (Å²) in [6.07, 6.45) is 3.41. The van der Waals surface area contributed by atoms with Gasteiger partial charge in [0.2, 0.25) is 0 Å². The molecule has 0 fully saturated rings. The summed E-state index contributed by atoms with van der Waals surface area (Å²) in [5.74, 6) is -0.342. The standard InChI is InChI=1S/C10H7Cl2N3O/c11-8-4-3-7(9(12)13-8)10(16)14-15-5-1-2-6-15/h1-6H,(H,14,16). The zero-order chi connectivity index (χ0) is 11.5. The Morgan fingerprint density at radius 3 is 2.56 bits per heavy atom. The van der Waals surface area contributed by atoms with Crippen molar-refractivity contribution in [1.82, 2.24) is 9.66 Å². The third-order valence-corrected chi connectivity index (χ3v) is 2.39. The van der Waals surface area contributed by atoms with Gasteiger partial charge in [0.05, 0.1) is 5.56 Å². The summed E-state index contributed by atoms with van der Waals surface area (Å²) in [6, 6.07) is 6.62. The molecule has 4 nitrogen and oxygen atoms in total. The molecular weight excluding hydrogens is 249 g/mol. The van der Waals surface area contributed by atoms with Gasteiger partial charge < -0.3 is 0 Å². The van der Waals surface area contributed by atoms with E-state index in [1.165, 1.54) is 16.8 Å². The van der Waals surface area contributed by atoms with Gasteiger partial charge in [-0.25, -0.2) is 4.98 Å². The molecule has 6 heteroatoms. The number of nitrogens with one attached hydrogen (secondary N) is 1. The van der Waals surface area contributed by atoms with Crippen molar-refractivity contribution in [3.8, 4) is 0 Å². The van der Waals surface area contributed by atoms with Gasteiger partial charge in [-0.05, 0) is 24.3 Å². The van der Waals surface area contributed by atoms with E-state index in [4.69, 9.17) is 23.2 Å². The molecule has 0 saturated heterocycles. The topological polar surface area (TPSA) is 46.9 Å². The molecule has 16 heavy (non-hydrogen) atoms. The Bertz CT molecular complexity index is 511. The number of hydrogen-bond donors (Lipinski definition) is 1. The third kappa shape index (κ3) is 2.35. The van der Waals surface area contributed by atoms with Crippen LogP contribution < -0.4 is 5.43 Å². The zero-order valence-electron chi connectivity index (χ0n) is 8.02. The van der Waals surface area contributed by atoms with E-state index < -0.39 is 0 Å². The quantitative estimate of drug-likeness (QED) is 0.839. The van der Waals surface area contributed by atoms with Gasteiger partial charge >= 0.3 is 0 Å². The van der Waals surface area contributed by atoms with Crippen LogP contribution in [0, 0.1) is 0 Å². The maximum Gasteiger partial charge on any atom is 0.273 e. The van der Waals surface area contributed by atoms with Crippen molar-refractivity contribution >= 4 is 29.1 Å². The molecule has 0 spiro atoms. The minimum absolute atomic E-state index is 0.0807. The SMILES string of the molecule is O=C(Nn1cccc1)c1ccc(Cl)nc1Cl. The summed E-state index contributed by atoms with van der Waals surface area (Å²) in [7, 11) is 0. The molecule has 0 aliphatic heterocycles. The minimum Gasteiger partial charge on any atom is -0.268 e. The summed E-state index contributed by atoms with van der Waals surface area (Å²) < 4.78 is 1.52. The molecule has 0 aromatic carbocycles. The Kier molecular flexibility index (Phi) is 3.12. The van der Waals surface area contributed by atoms with E-state index in [1.807, 2.05) is 0 Å². The predicted molar refractivity (Wildman–Crippen MR) is 62.4 cm³/mol. The Morgan fingerprint density at radius 1 is 1.25 bits per heavy atom. The lowest BCUT2D eigenvalue weighted by molar-refractivity contribution is 0.101. The van der Waals surface area contributed by atoms with Gasteiger partial charge in [0, 0.05) is 12.4 Å². The van der Waals surface area contributed by atoms with Crippen LogP contribution in [0.3, 0.4) is 0 Å². The molecule has 0 aliphatic carbocycles. The lowest BCUT2D eigenvalue weighted by Crippen LogP contribution is -2.21. The van der Waals surface area contributed by atoms with Crippen LogP contribution in [-0.2, 0) is 0 Å². The molecule has 0 unspecified atom stereocenters. The van der Waals surface area contributed by atoms with Crippen molar-refractivity contribution < 1.29 is 4.79 Å². The number of amides is 1. The fraction of sp³-hybridized carbons (Fsp3) is 0. The van der Waals surface area contributed by atoms with Crippen molar-refractivity contribution in [3.05, 3.63) is 52.5 Å². The van der Waals surface area contributed by atoms with E-state index >= 15 is 0 Å². The summed E-state index contributed by atoms with van der Waals surface area (Å²) >= 11 is 11.4. The van der Waals surface area contributed by atoms with Crippen LogP contribution >= 0.6 is 23.2 Å². The number of pyridine rings is 1. The van der Waals surface area contributed by atoms with Crippen molar-refractivity contribution in [2.45, 2.75) is 0 Å². The molecule has 2 aromatic heterocycles. The molecule has 2 aromatic rings. The Morgan fingerprint density at radius 2 is 1.94 bits per heavy atom. The zero-order valence-corrected chi connectivity index (χ0v) is 9.53. The van der Waals surface area contributed by atoms with Crippen molar-refractivity contribution in [1.29, 1.82) is 0 Å². The van der Waals surface area contributed by atoms with Crippen LogP contribution in [-0.4, -0.2) is 15.6 Å². The smallest absolute Gasteiger partial charge is 0.268 e. The van der Waals surface area contributed by atoms with Gasteiger partial charge in [0.15, 0.2) is 0 Å². The monoisotopic (exact) mass is 255 g/mol. The molecule has 82 valence electrons. The first kappa shape index (κ1) is 11.0. The summed E-state index contributed by atoms with van der Waals surface area (Å²) in [5, 5.41) is 0.333. The molecule has 0 saturated carbocycles. The Labute approximate surface area is 102 Å². The average Bonchev–Trinajstić information content (AvgIpc) is 2.70. The molecule has 2 rings (SSSR count). The summed E-state index contributed by atoms with van der Waals surface area (Å²) in [6.45, 7) is 0. The average molecular weight is 256 g/mol. The number of rotatable bonds is 2. The molecule has 1 N–H and O–H groups in total. The van der Waals surface area contributed by atoms with E-state index in [2.05, 4.69) is 10.4 Å². The van der Waals surface area contributed by atoms with Crippen LogP contribution in [0.1, 0.15) is 10.4 Å². The maximum atomic E-state index is 11.7. The van der Waals surface area contributed by atoms with Crippen LogP contribution in [0.4, 0.5) is 0 Å². The lowest BCUT2D eigenvalue weighted by atomic mass is 10.3. The molecule has 1 amide bonds. The van der Waals surface area contributed by atoms with Gasteiger partial charge in [-0.3, -0.25) is 14.9 Å². The number of carbonyl (C=O) groups excluding carboxylic acids is 1. The van der Waals surface area contributed by atoms with Crippen molar-refractivity contribution in [2.24, 2.45) is 0 Å². The lowest BCUT2D eigenvalue weighted by Gasteiger charge is -2.06. The summed E-state index contributed by atoms with van der Waals surface area (Å²) in [5.41, 5.74) is 2.89. The third-order valence-electron chi connectivity index (χ3n) is 1.89. The van der Waals surface area contributed by atoms with E-state index in [9.17, 15) is 4.79 Å². The maximum absolute atomic E-state index is 11.7. The summed E-state index contributed by atoms with van der Waals surface area (Å²) in [4.78, 5) is 15.5. The molecular formula is C10H7Cl2N3O. The van der Waals surface area contributed by atoms with Crippen LogP contribution in [0.5, 0.6) is 0 Å². The normalized spacial score (nSPS) is 10.1. The van der Waals surface area contributed by atoms with Crippen LogP contribution in [0.15, 0.2) is 36.7 Å². The second-order valence-electron chi connectivity index (χ2n) is 3.00.